The molecular formula is C12H19ClN2O. The highest BCUT2D eigenvalue weighted by Gasteiger charge is 2.19. The van der Waals surface area contributed by atoms with Gasteiger partial charge in [0.15, 0.2) is 0 Å². The quantitative estimate of drug-likeness (QED) is 0.881. The second-order valence-electron chi connectivity index (χ2n) is 3.82. The molecule has 16 heavy (non-hydrogen) atoms. The first kappa shape index (κ1) is 14.9. The molecule has 0 saturated heterocycles. The van der Waals surface area contributed by atoms with Crippen molar-refractivity contribution in [2.75, 3.05) is 7.05 Å². The minimum Gasteiger partial charge on any atom is -0.338 e. The van der Waals surface area contributed by atoms with E-state index in [1.54, 1.807) is 18.9 Å². The van der Waals surface area contributed by atoms with Gasteiger partial charge in [0, 0.05) is 7.05 Å². The molecule has 1 aromatic rings. The molecule has 0 aliphatic heterocycles. The van der Waals surface area contributed by atoms with Crippen LogP contribution in [0.5, 0.6) is 0 Å². The van der Waals surface area contributed by atoms with Gasteiger partial charge in [0.05, 0.1) is 12.1 Å². The van der Waals surface area contributed by atoms with E-state index in [4.69, 9.17) is 5.73 Å². The summed E-state index contributed by atoms with van der Waals surface area (Å²) in [5, 5.41) is 0. The topological polar surface area (TPSA) is 46.3 Å². The third-order valence-corrected chi connectivity index (χ3v) is 2.60. The lowest BCUT2D eigenvalue weighted by Crippen LogP contribution is -2.40. The fourth-order valence-electron chi connectivity index (χ4n) is 1.47. The van der Waals surface area contributed by atoms with Gasteiger partial charge in [-0.05, 0) is 19.4 Å². The summed E-state index contributed by atoms with van der Waals surface area (Å²) in [6.45, 7) is 3.70. The maximum Gasteiger partial charge on any atom is 0.239 e. The second-order valence-corrected chi connectivity index (χ2v) is 3.82. The molecule has 0 aliphatic rings. The number of hydrogen-bond acceptors (Lipinski definition) is 2. The number of rotatable bonds is 3. The Hall–Kier alpha value is -1.06. The van der Waals surface area contributed by atoms with Crippen molar-refractivity contribution in [3.8, 4) is 0 Å². The fraction of sp³-hybridized carbons (Fsp3) is 0.417. The van der Waals surface area contributed by atoms with Crippen molar-refractivity contribution in [1.29, 1.82) is 0 Å². The molecule has 3 nitrogen and oxygen atoms in total. The number of carbonyl (C=O) groups excluding carboxylic acids is 1. The smallest absolute Gasteiger partial charge is 0.239 e. The summed E-state index contributed by atoms with van der Waals surface area (Å²) in [6, 6.07) is 9.53. The van der Waals surface area contributed by atoms with Crippen LogP contribution in [0.25, 0.3) is 0 Å². The van der Waals surface area contributed by atoms with Crippen LogP contribution in [0.15, 0.2) is 30.3 Å². The van der Waals surface area contributed by atoms with Gasteiger partial charge in [0.2, 0.25) is 5.91 Å². The summed E-state index contributed by atoms with van der Waals surface area (Å²) in [5.41, 5.74) is 6.68. The number of amides is 1. The molecule has 0 saturated carbocycles. The predicted octanol–water partition coefficient (Wildman–Crippen LogP) is 1.98. The van der Waals surface area contributed by atoms with Gasteiger partial charge in [0.1, 0.15) is 0 Å². The molecular weight excluding hydrogens is 224 g/mol. The largest absolute Gasteiger partial charge is 0.338 e. The van der Waals surface area contributed by atoms with E-state index in [0.29, 0.717) is 0 Å². The Labute approximate surface area is 103 Å². The van der Waals surface area contributed by atoms with Crippen LogP contribution in [0, 0.1) is 0 Å². The third kappa shape index (κ3) is 3.51. The average molecular weight is 243 g/mol. The molecule has 0 fully saturated rings. The van der Waals surface area contributed by atoms with Crippen LogP contribution in [-0.4, -0.2) is 23.9 Å². The van der Waals surface area contributed by atoms with Crippen LogP contribution < -0.4 is 5.73 Å². The lowest BCUT2D eigenvalue weighted by atomic mass is 10.1. The van der Waals surface area contributed by atoms with Crippen molar-refractivity contribution in [2.24, 2.45) is 5.73 Å². The van der Waals surface area contributed by atoms with Crippen LogP contribution in [0.4, 0.5) is 0 Å². The summed E-state index contributed by atoms with van der Waals surface area (Å²) in [6.07, 6.45) is 0. The van der Waals surface area contributed by atoms with E-state index in [2.05, 4.69) is 0 Å². The Bertz CT molecular complexity index is 327. The van der Waals surface area contributed by atoms with Crippen LogP contribution in [0.2, 0.25) is 0 Å². The Kier molecular flexibility index (Phi) is 6.08. The normalized spacial score (nSPS) is 13.5. The molecule has 0 heterocycles. The zero-order valence-electron chi connectivity index (χ0n) is 9.88. The number of halogens is 1. The molecule has 0 unspecified atom stereocenters. The molecule has 0 spiro atoms. The Morgan fingerprint density at radius 1 is 1.25 bits per heavy atom. The zero-order valence-corrected chi connectivity index (χ0v) is 10.7. The van der Waals surface area contributed by atoms with Crippen molar-refractivity contribution in [2.45, 2.75) is 25.9 Å². The SMILES string of the molecule is C[C@H](N)C(=O)N(C)[C@@H](C)c1ccccc1.Cl. The van der Waals surface area contributed by atoms with Crippen molar-refractivity contribution in [1.82, 2.24) is 4.90 Å². The minimum atomic E-state index is -0.443. The standard InChI is InChI=1S/C12H18N2O.ClH/c1-9(13)12(15)14(3)10(2)11-7-5-4-6-8-11;/h4-10H,13H2,1-3H3;1H/t9-,10-;/m0./s1. The molecule has 0 aromatic heterocycles. The maximum absolute atomic E-state index is 11.7. The van der Waals surface area contributed by atoms with E-state index in [0.717, 1.165) is 5.56 Å². The second kappa shape index (κ2) is 6.51. The number of nitrogens with zero attached hydrogens (tertiary/aromatic N) is 1. The van der Waals surface area contributed by atoms with E-state index in [1.807, 2.05) is 37.3 Å². The highest BCUT2D eigenvalue weighted by atomic mass is 35.5. The van der Waals surface area contributed by atoms with Crippen molar-refractivity contribution < 1.29 is 4.79 Å². The van der Waals surface area contributed by atoms with Gasteiger partial charge in [-0.3, -0.25) is 4.79 Å². The molecule has 0 radical (unpaired) electrons. The number of benzene rings is 1. The van der Waals surface area contributed by atoms with Gasteiger partial charge in [-0.15, -0.1) is 12.4 Å². The van der Waals surface area contributed by atoms with Crippen LogP contribution >= 0.6 is 12.4 Å². The summed E-state index contributed by atoms with van der Waals surface area (Å²) < 4.78 is 0. The zero-order chi connectivity index (χ0) is 11.4. The molecule has 0 aliphatic carbocycles. The number of likely N-dealkylation sites (N-methyl/N-ethyl adjacent to an activating group) is 1. The van der Waals surface area contributed by atoms with E-state index in [9.17, 15) is 4.79 Å². The first-order valence-corrected chi connectivity index (χ1v) is 5.11. The number of nitrogens with two attached hydrogens (primary N) is 1. The summed E-state index contributed by atoms with van der Waals surface area (Å²) >= 11 is 0. The molecule has 2 N–H and O–H groups in total. The first-order chi connectivity index (χ1) is 7.04. The molecule has 0 bridgehead atoms. The van der Waals surface area contributed by atoms with E-state index in [-0.39, 0.29) is 24.4 Å². The first-order valence-electron chi connectivity index (χ1n) is 5.11. The monoisotopic (exact) mass is 242 g/mol. The highest BCUT2D eigenvalue weighted by Crippen LogP contribution is 2.18. The summed E-state index contributed by atoms with van der Waals surface area (Å²) in [4.78, 5) is 13.3. The lowest BCUT2D eigenvalue weighted by molar-refractivity contribution is -0.132. The molecule has 1 rings (SSSR count). The third-order valence-electron chi connectivity index (χ3n) is 2.60. The van der Waals surface area contributed by atoms with Gasteiger partial charge in [-0.1, -0.05) is 30.3 Å². The van der Waals surface area contributed by atoms with Crippen molar-refractivity contribution in [3.63, 3.8) is 0 Å². The minimum absolute atomic E-state index is 0. The van der Waals surface area contributed by atoms with E-state index in [1.165, 1.54) is 0 Å². The van der Waals surface area contributed by atoms with Crippen LogP contribution in [-0.2, 0) is 4.79 Å². The maximum atomic E-state index is 11.7. The average Bonchev–Trinajstić information content (AvgIpc) is 2.27. The van der Waals surface area contributed by atoms with Crippen molar-refractivity contribution in [3.05, 3.63) is 35.9 Å². The fourth-order valence-corrected chi connectivity index (χ4v) is 1.47. The van der Waals surface area contributed by atoms with Crippen LogP contribution in [0.3, 0.4) is 0 Å². The highest BCUT2D eigenvalue weighted by molar-refractivity contribution is 5.85. The van der Waals surface area contributed by atoms with Crippen LogP contribution in [0.1, 0.15) is 25.5 Å². The molecule has 4 heteroatoms. The number of carbonyl (C=O) groups is 1. The van der Waals surface area contributed by atoms with Gasteiger partial charge >= 0.3 is 0 Å². The molecule has 1 aromatic carbocycles. The van der Waals surface area contributed by atoms with Gasteiger partial charge in [0.25, 0.3) is 0 Å². The van der Waals surface area contributed by atoms with E-state index >= 15 is 0 Å². The Balaban J connectivity index is 0.00000225. The molecule has 90 valence electrons. The summed E-state index contributed by atoms with van der Waals surface area (Å²) in [5.74, 6) is -0.0358. The van der Waals surface area contributed by atoms with Gasteiger partial charge < -0.3 is 10.6 Å². The van der Waals surface area contributed by atoms with E-state index < -0.39 is 6.04 Å². The summed E-state index contributed by atoms with van der Waals surface area (Å²) in [7, 11) is 1.78. The Morgan fingerprint density at radius 2 is 1.75 bits per heavy atom. The Morgan fingerprint density at radius 3 is 2.19 bits per heavy atom. The van der Waals surface area contributed by atoms with Gasteiger partial charge in [-0.25, -0.2) is 0 Å². The predicted molar refractivity (Wildman–Crippen MR) is 68.5 cm³/mol. The lowest BCUT2D eigenvalue weighted by Gasteiger charge is -2.26. The number of hydrogen-bond donors (Lipinski definition) is 1. The van der Waals surface area contributed by atoms with Gasteiger partial charge in [-0.2, -0.15) is 0 Å². The molecule has 1 amide bonds. The molecule has 2 atom stereocenters. The van der Waals surface area contributed by atoms with Crippen molar-refractivity contribution >= 4 is 18.3 Å².